The van der Waals surface area contributed by atoms with Crippen LogP contribution in [0.5, 0.6) is 0 Å². The fourth-order valence-corrected chi connectivity index (χ4v) is 9.91. The number of ether oxygens (including phenoxy) is 4. The fraction of sp³-hybridized carbons (Fsp3) is 0.706. The van der Waals surface area contributed by atoms with E-state index < -0.39 is 47.9 Å². The van der Waals surface area contributed by atoms with Crippen molar-refractivity contribution in [1.29, 1.82) is 0 Å². The molecule has 1 saturated carbocycles. The summed E-state index contributed by atoms with van der Waals surface area (Å²) in [4.78, 5) is 56.7. The van der Waals surface area contributed by atoms with Crippen LogP contribution in [-0.4, -0.2) is 102 Å². The molecule has 11 atom stereocenters. The van der Waals surface area contributed by atoms with Gasteiger partial charge >= 0.3 is 5.97 Å². The number of esters is 1. The number of ketones is 2. The van der Waals surface area contributed by atoms with Crippen LogP contribution in [0, 0.1) is 34.5 Å². The number of fused-ring (bicyclic) bond motifs is 3. The Kier molecular flexibility index (Phi) is 20.4. The average Bonchev–Trinajstić information content (AvgIpc) is 3.25. The minimum absolute atomic E-state index is 0.0413. The highest BCUT2D eigenvalue weighted by Crippen LogP contribution is 2.38. The number of hydrogen-bond donors (Lipinski definition) is 2. The summed E-state index contributed by atoms with van der Waals surface area (Å²) in [5.41, 5.74) is 2.70. The van der Waals surface area contributed by atoms with Crippen LogP contribution in [0.2, 0.25) is 0 Å². The van der Waals surface area contributed by atoms with Crippen molar-refractivity contribution in [2.45, 2.75) is 180 Å². The average molecular weight is 879 g/mol. The second kappa shape index (κ2) is 24.7. The summed E-state index contributed by atoms with van der Waals surface area (Å²) in [6.45, 7) is 18.1. The van der Waals surface area contributed by atoms with E-state index in [1.807, 2.05) is 76.0 Å². The van der Waals surface area contributed by atoms with E-state index >= 15 is 0 Å². The van der Waals surface area contributed by atoms with Gasteiger partial charge in [-0.15, -0.1) is 0 Å². The summed E-state index contributed by atoms with van der Waals surface area (Å²) in [7, 11) is 3.06. The lowest BCUT2D eigenvalue weighted by Crippen LogP contribution is -2.49. The molecule has 4 rings (SSSR count). The molecule has 5 unspecified atom stereocenters. The van der Waals surface area contributed by atoms with E-state index in [0.717, 1.165) is 50.5 Å². The van der Waals surface area contributed by atoms with Gasteiger partial charge in [-0.05, 0) is 119 Å². The molecule has 352 valence electrons. The lowest BCUT2D eigenvalue weighted by Gasteiger charge is -2.43. The number of carbonyl (C=O) groups is 3. The van der Waals surface area contributed by atoms with Crippen LogP contribution in [0.3, 0.4) is 0 Å². The van der Waals surface area contributed by atoms with Crippen molar-refractivity contribution in [2.75, 3.05) is 20.8 Å². The quantitative estimate of drug-likeness (QED) is 0.149. The molecule has 0 amide bonds. The Morgan fingerprint density at radius 2 is 1.68 bits per heavy atom. The Bertz CT molecular complexity index is 1720. The third kappa shape index (κ3) is 14.7. The van der Waals surface area contributed by atoms with Gasteiger partial charge in [0.05, 0.1) is 18.3 Å². The number of methoxy groups -OCH3 is 2. The molecule has 0 aromatic heterocycles. The number of aliphatic hydroxyl groups excluding tert-OH is 1. The highest BCUT2D eigenvalue weighted by Gasteiger charge is 2.42. The van der Waals surface area contributed by atoms with Gasteiger partial charge < -0.3 is 34.1 Å². The number of nitroso groups, excluding NO2 is 1. The standard InChI is InChI=1S/C51H78N2O10/c1-32-16-12-11-13-17-33(2)45(60-9)29-42-24-19-38(7)51(58,63-42)31-39(8)53-25-15-14-18-43(53)50(57)62-46(35(4)28-40-20-22-41(54)23-21-40)30-44(55)34(3)27-36(5)47(52-59)49(61-10)48(56)37(6)26-32/h11-13,16-17,19,27,32,34-35,37,40-43,45-47,49,54,58H,8,14-15,18,20-26,28-31H2,1-7,9-10H3/b13-11+,16-12+,33-17+,36-27+/t32?,34-,35-,37+,40?,41?,42+,43?,45?,46?,47-,49?,51+/m1/s1. The lowest BCUT2D eigenvalue weighted by atomic mass is 9.79. The van der Waals surface area contributed by atoms with Crippen LogP contribution >= 0.6 is 0 Å². The normalized spacial score (nSPS) is 38.7. The molecule has 2 fully saturated rings. The smallest absolute Gasteiger partial charge is 0.329 e. The van der Waals surface area contributed by atoms with Gasteiger partial charge in [-0.1, -0.05) is 82.0 Å². The van der Waals surface area contributed by atoms with Crippen molar-refractivity contribution >= 4 is 17.5 Å². The van der Waals surface area contributed by atoms with E-state index in [-0.39, 0.29) is 54.6 Å². The van der Waals surface area contributed by atoms with E-state index in [1.54, 1.807) is 27.0 Å². The number of nitrogens with zero attached hydrogens (tertiary/aromatic N) is 2. The van der Waals surface area contributed by atoms with Gasteiger partial charge in [0.25, 0.3) is 0 Å². The summed E-state index contributed by atoms with van der Waals surface area (Å²) in [6.07, 6.45) is 18.5. The molecule has 63 heavy (non-hydrogen) atoms. The van der Waals surface area contributed by atoms with Crippen LogP contribution in [0.25, 0.3) is 0 Å². The van der Waals surface area contributed by atoms with Crippen molar-refractivity contribution in [2.24, 2.45) is 34.8 Å². The second-order valence-electron chi connectivity index (χ2n) is 19.2. The molecular formula is C51H78N2O10. The summed E-state index contributed by atoms with van der Waals surface area (Å²) in [5.74, 6) is -3.38. The van der Waals surface area contributed by atoms with Crippen molar-refractivity contribution in [3.05, 3.63) is 76.4 Å². The number of Topliss-reactive ketones (excluding diaryl/α,β-unsaturated/α-hetero) is 2. The maximum atomic E-state index is 14.4. The first kappa shape index (κ1) is 52.1. The maximum Gasteiger partial charge on any atom is 0.329 e. The third-order valence-corrected chi connectivity index (χ3v) is 14.0. The summed E-state index contributed by atoms with van der Waals surface area (Å²) < 4.78 is 24.4. The summed E-state index contributed by atoms with van der Waals surface area (Å²) in [5, 5.41) is 25.6. The number of cyclic esters (lactones) is 1. The fourth-order valence-electron chi connectivity index (χ4n) is 9.91. The van der Waals surface area contributed by atoms with E-state index in [9.17, 15) is 29.5 Å². The molecule has 12 nitrogen and oxygen atoms in total. The summed E-state index contributed by atoms with van der Waals surface area (Å²) in [6, 6.07) is -1.79. The van der Waals surface area contributed by atoms with Gasteiger partial charge in [-0.2, -0.15) is 4.91 Å². The highest BCUT2D eigenvalue weighted by molar-refractivity contribution is 5.87. The number of allylic oxidation sites excluding steroid dienone is 6. The zero-order chi connectivity index (χ0) is 46.4. The Labute approximate surface area is 377 Å². The van der Waals surface area contributed by atoms with Gasteiger partial charge in [0.15, 0.2) is 11.6 Å². The highest BCUT2D eigenvalue weighted by atomic mass is 16.6. The van der Waals surface area contributed by atoms with Crippen LogP contribution in [0.4, 0.5) is 0 Å². The van der Waals surface area contributed by atoms with Crippen molar-refractivity contribution in [3.8, 4) is 0 Å². The number of piperidine rings is 1. The molecule has 4 aliphatic rings. The van der Waals surface area contributed by atoms with Gasteiger partial charge in [-0.25, -0.2) is 4.79 Å². The zero-order valence-corrected chi connectivity index (χ0v) is 39.6. The topological polar surface area (TPSA) is 161 Å². The van der Waals surface area contributed by atoms with E-state index in [2.05, 4.69) is 11.8 Å². The summed E-state index contributed by atoms with van der Waals surface area (Å²) >= 11 is 0. The Balaban J connectivity index is 1.69. The molecule has 0 radical (unpaired) electrons. The molecule has 1 saturated heterocycles. The number of hydrogen-bond acceptors (Lipinski definition) is 12. The molecule has 2 bridgehead atoms. The van der Waals surface area contributed by atoms with Crippen LogP contribution in [0.1, 0.15) is 132 Å². The minimum Gasteiger partial charge on any atom is -0.460 e. The molecule has 0 aromatic carbocycles. The zero-order valence-electron chi connectivity index (χ0n) is 39.6. The van der Waals surface area contributed by atoms with Crippen molar-refractivity contribution in [3.63, 3.8) is 0 Å². The van der Waals surface area contributed by atoms with Crippen LogP contribution < -0.4 is 0 Å². The number of carbonyl (C=O) groups excluding carboxylic acids is 3. The molecule has 12 heteroatoms. The van der Waals surface area contributed by atoms with Crippen LogP contribution in [0.15, 0.2) is 76.7 Å². The maximum absolute atomic E-state index is 14.4. The Morgan fingerprint density at radius 3 is 2.35 bits per heavy atom. The van der Waals surface area contributed by atoms with Gasteiger partial charge in [-0.3, -0.25) is 9.59 Å². The molecule has 2 N–H and O–H groups in total. The molecule has 3 aliphatic heterocycles. The number of aliphatic hydroxyl groups is 2. The predicted molar refractivity (Wildman–Crippen MR) is 246 cm³/mol. The SMILES string of the molecule is C=C1C[C@]2(O)O[C@@H](CC=C2C)CC(OC)/C(C)=C/C=C/C=C/C(C)C[C@H](C)C(=O)C(OC)[C@H](N=O)/C(C)=C/[C@@H](C)C(=O)CC([C@H](C)CC2CCC(O)CC2)OC(=O)C2CCCCN12. The van der Waals surface area contributed by atoms with Crippen LogP contribution in [-0.2, 0) is 33.3 Å². The first-order valence-corrected chi connectivity index (χ1v) is 23.5. The van der Waals surface area contributed by atoms with Gasteiger partial charge in [0, 0.05) is 57.6 Å². The molecule has 1 aliphatic carbocycles. The van der Waals surface area contributed by atoms with Crippen molar-refractivity contribution in [1.82, 2.24) is 4.90 Å². The monoisotopic (exact) mass is 879 g/mol. The molecule has 0 spiro atoms. The first-order valence-electron chi connectivity index (χ1n) is 23.5. The van der Waals surface area contributed by atoms with E-state index in [4.69, 9.17) is 18.9 Å². The van der Waals surface area contributed by atoms with Crippen molar-refractivity contribution < 1.29 is 43.5 Å². The third-order valence-electron chi connectivity index (χ3n) is 14.0. The molecule has 3 heterocycles. The molecular weight excluding hydrogens is 801 g/mol. The minimum atomic E-state index is -1.63. The Morgan fingerprint density at radius 1 is 0.968 bits per heavy atom. The number of rotatable bonds is 6. The van der Waals surface area contributed by atoms with E-state index in [0.29, 0.717) is 55.0 Å². The second-order valence-corrected chi connectivity index (χ2v) is 19.2. The molecule has 0 aromatic rings. The van der Waals surface area contributed by atoms with Gasteiger partial charge in [0.1, 0.15) is 30.1 Å². The largest absolute Gasteiger partial charge is 0.460 e. The van der Waals surface area contributed by atoms with E-state index in [1.165, 1.54) is 7.11 Å². The predicted octanol–water partition coefficient (Wildman–Crippen LogP) is 9.06. The first-order chi connectivity index (χ1) is 29.9. The Hall–Kier alpha value is -3.55. The van der Waals surface area contributed by atoms with Gasteiger partial charge in [0.2, 0.25) is 0 Å². The lowest BCUT2D eigenvalue weighted by molar-refractivity contribution is -0.216.